The van der Waals surface area contributed by atoms with Gasteiger partial charge in [-0.05, 0) is 0 Å². The SMILES string of the molecule is CN=[N+]([O-])F. The van der Waals surface area contributed by atoms with Crippen LogP contribution in [0.5, 0.6) is 0 Å². The largest absolute Gasteiger partial charge is 0.556 e. The van der Waals surface area contributed by atoms with Crippen LogP contribution >= 0.6 is 0 Å². The van der Waals surface area contributed by atoms with Crippen molar-refractivity contribution in [2.24, 2.45) is 5.11 Å². The Morgan fingerprint density at radius 1 is 2.00 bits per heavy atom. The highest BCUT2D eigenvalue weighted by atomic mass is 19.2. The number of hydrogen-bond donors (Lipinski definition) is 0. The zero-order valence-electron chi connectivity index (χ0n) is 2.68. The first-order chi connectivity index (χ1) is 2.27. The summed E-state index contributed by atoms with van der Waals surface area (Å²) in [5.74, 6) is 0. The third-order valence-corrected chi connectivity index (χ3v) is 0.157. The molecule has 0 bridgehead atoms. The van der Waals surface area contributed by atoms with Gasteiger partial charge >= 0.3 is 0 Å². The van der Waals surface area contributed by atoms with Crippen molar-refractivity contribution >= 4 is 0 Å². The van der Waals surface area contributed by atoms with Crippen molar-refractivity contribution < 1.29 is 9.56 Å². The molecule has 5 heavy (non-hydrogen) atoms. The zero-order chi connectivity index (χ0) is 4.28. The summed E-state index contributed by atoms with van der Waals surface area (Å²) in [6.45, 7) is 0. The topological polar surface area (TPSA) is 38.4 Å². The Balaban J connectivity index is 3.14. The van der Waals surface area contributed by atoms with Gasteiger partial charge in [-0.1, -0.05) is 0 Å². The van der Waals surface area contributed by atoms with Crippen LogP contribution in [-0.4, -0.2) is 12.1 Å². The number of halogens is 1. The summed E-state index contributed by atoms with van der Waals surface area (Å²) in [5.41, 5.74) is 0. The van der Waals surface area contributed by atoms with Gasteiger partial charge in [-0.3, -0.25) is 0 Å². The smallest absolute Gasteiger partial charge is 0.149 e. The Labute approximate surface area is 28.2 Å². The lowest BCUT2D eigenvalue weighted by molar-refractivity contribution is -0.710. The average Bonchev–Trinajstić information content (AvgIpc) is 1.38. The van der Waals surface area contributed by atoms with Gasteiger partial charge in [0.25, 0.3) is 0 Å². The first kappa shape index (κ1) is 4.33. The normalized spacial score (nSPS) is 12.0. The van der Waals surface area contributed by atoms with Crippen molar-refractivity contribution in [2.45, 2.75) is 0 Å². The highest BCUT2D eigenvalue weighted by Gasteiger charge is 1.70. The summed E-state index contributed by atoms with van der Waals surface area (Å²) < 4.78 is 10.5. The van der Waals surface area contributed by atoms with Gasteiger partial charge in [0.1, 0.15) is 9.56 Å². The van der Waals surface area contributed by atoms with Gasteiger partial charge in [0, 0.05) is 5.11 Å². The van der Waals surface area contributed by atoms with Gasteiger partial charge in [0.2, 0.25) is 0 Å². The van der Waals surface area contributed by atoms with E-state index in [4.69, 9.17) is 5.21 Å². The minimum absolute atomic E-state index is 1.00. The van der Waals surface area contributed by atoms with Crippen LogP contribution in [0.25, 0.3) is 0 Å². The fourth-order valence-electron chi connectivity index (χ4n) is 0. The van der Waals surface area contributed by atoms with Gasteiger partial charge in [-0.25, -0.2) is 0 Å². The summed E-state index contributed by atoms with van der Waals surface area (Å²) in [6.07, 6.45) is 0. The molecular weight excluding hydrogens is 75.0 g/mol. The van der Waals surface area contributed by atoms with E-state index < -0.39 is 5.08 Å². The van der Waals surface area contributed by atoms with Crippen LogP contribution in [-0.2, 0) is 0 Å². The summed E-state index contributed by atoms with van der Waals surface area (Å²) in [5, 5.41) is 10.4. The fourth-order valence-corrected chi connectivity index (χ4v) is 0. The van der Waals surface area contributed by atoms with Crippen LogP contribution in [0.2, 0.25) is 0 Å². The second kappa shape index (κ2) is 1.63. The molecule has 0 aliphatic heterocycles. The van der Waals surface area contributed by atoms with E-state index in [2.05, 4.69) is 5.11 Å². The molecule has 0 saturated heterocycles. The van der Waals surface area contributed by atoms with E-state index in [1.165, 1.54) is 0 Å². The molecule has 0 saturated carbocycles. The van der Waals surface area contributed by atoms with Crippen LogP contribution in [0.4, 0.5) is 4.48 Å². The molecule has 0 aliphatic rings. The first-order valence-corrected chi connectivity index (χ1v) is 0.999. The summed E-state index contributed by atoms with van der Waals surface area (Å²) in [7, 11) is 1.06. The third-order valence-electron chi connectivity index (χ3n) is 0.157. The third kappa shape index (κ3) is 3.33. The molecular formula is CH3FN2O. The minimum Gasteiger partial charge on any atom is -0.556 e. The van der Waals surface area contributed by atoms with Crippen molar-refractivity contribution in [2.75, 3.05) is 7.05 Å². The predicted molar refractivity (Wildman–Crippen MR) is 13.1 cm³/mol. The van der Waals surface area contributed by atoms with E-state index in [0.29, 0.717) is 0 Å². The highest BCUT2D eigenvalue weighted by Crippen LogP contribution is 1.65. The fraction of sp³-hybridized carbons (Fsp3) is 1.00. The molecule has 0 spiro atoms. The summed E-state index contributed by atoms with van der Waals surface area (Å²) in [4.78, 5) is 0. The van der Waals surface area contributed by atoms with Gasteiger partial charge < -0.3 is 5.21 Å². The van der Waals surface area contributed by atoms with Gasteiger partial charge in [0.15, 0.2) is 0 Å². The Bertz CT molecular complexity index is 47.6. The molecule has 30 valence electrons. The second-order valence-electron chi connectivity index (χ2n) is 0.426. The lowest BCUT2D eigenvalue weighted by atomic mass is 11.6. The Morgan fingerprint density at radius 2 is 2.20 bits per heavy atom. The Hall–Kier alpha value is -0.670. The molecule has 0 aromatic carbocycles. The summed E-state index contributed by atoms with van der Waals surface area (Å²) >= 11 is 0. The van der Waals surface area contributed by atoms with Crippen molar-refractivity contribution in [3.05, 3.63) is 5.21 Å². The number of rotatable bonds is 0. The van der Waals surface area contributed by atoms with Crippen LogP contribution in [0.15, 0.2) is 5.11 Å². The zero-order valence-corrected chi connectivity index (χ0v) is 2.68. The molecule has 0 aromatic heterocycles. The molecule has 3 nitrogen and oxygen atoms in total. The van der Waals surface area contributed by atoms with E-state index in [0.717, 1.165) is 7.05 Å². The monoisotopic (exact) mass is 78.0 g/mol. The second-order valence-corrected chi connectivity index (χ2v) is 0.426. The van der Waals surface area contributed by atoms with E-state index >= 15 is 0 Å². The van der Waals surface area contributed by atoms with Crippen molar-refractivity contribution in [3.63, 3.8) is 0 Å². The molecule has 0 atom stereocenters. The quantitative estimate of drug-likeness (QED) is 0.235. The molecule has 0 unspecified atom stereocenters. The predicted octanol–water partition coefficient (Wildman–Crippen LogP) is 0.463. The lowest BCUT2D eigenvalue weighted by Gasteiger charge is -1.70. The van der Waals surface area contributed by atoms with Crippen LogP contribution in [0.1, 0.15) is 0 Å². The molecule has 0 N–H and O–H groups in total. The highest BCUT2D eigenvalue weighted by molar-refractivity contribution is 3.83. The molecule has 0 rings (SSSR count). The van der Waals surface area contributed by atoms with Crippen LogP contribution in [0.3, 0.4) is 0 Å². The standard InChI is InChI=1S/CH3FN2O/c1-3-4(2)5/h1H3. The molecule has 0 heterocycles. The maximum atomic E-state index is 10.5. The first-order valence-electron chi connectivity index (χ1n) is 0.999. The molecule has 0 aliphatic carbocycles. The number of hydrogen-bond acceptors (Lipinski definition) is 2. The molecule has 0 radical (unpaired) electrons. The Morgan fingerprint density at radius 3 is 2.20 bits per heavy atom. The molecule has 4 heteroatoms. The summed E-state index contributed by atoms with van der Waals surface area (Å²) in [6, 6.07) is 0. The molecule has 0 fully saturated rings. The van der Waals surface area contributed by atoms with Crippen LogP contribution < -0.4 is 0 Å². The van der Waals surface area contributed by atoms with Gasteiger partial charge in [0.05, 0.1) is 7.05 Å². The van der Waals surface area contributed by atoms with E-state index in [-0.39, 0.29) is 0 Å². The van der Waals surface area contributed by atoms with E-state index in [9.17, 15) is 4.48 Å². The maximum absolute atomic E-state index is 10.5. The minimum atomic E-state index is -1.00. The van der Waals surface area contributed by atoms with E-state index in [1.54, 1.807) is 0 Å². The van der Waals surface area contributed by atoms with Crippen molar-refractivity contribution in [3.8, 4) is 0 Å². The lowest BCUT2D eigenvalue weighted by Crippen LogP contribution is -1.75. The van der Waals surface area contributed by atoms with E-state index in [1.807, 2.05) is 0 Å². The van der Waals surface area contributed by atoms with Crippen LogP contribution in [0, 0.1) is 5.21 Å². The maximum Gasteiger partial charge on any atom is 0.149 e. The Kier molecular flexibility index (Phi) is 1.41. The number of nitrogens with zero attached hydrogens (tertiary/aromatic N) is 2. The van der Waals surface area contributed by atoms with Gasteiger partial charge in [-0.2, -0.15) is 0 Å². The molecule has 0 aromatic rings. The van der Waals surface area contributed by atoms with Crippen molar-refractivity contribution in [1.29, 1.82) is 0 Å². The molecule has 0 amide bonds. The van der Waals surface area contributed by atoms with Crippen molar-refractivity contribution in [1.82, 2.24) is 0 Å². The average molecular weight is 78.0 g/mol. The van der Waals surface area contributed by atoms with Gasteiger partial charge in [-0.15, -0.1) is 0 Å².